The van der Waals surface area contributed by atoms with Crippen LogP contribution in [0.5, 0.6) is 0 Å². The Kier molecular flexibility index (Phi) is 6.71. The fourth-order valence-corrected chi connectivity index (χ4v) is 3.46. The highest BCUT2D eigenvalue weighted by atomic mass is 32.2. The van der Waals surface area contributed by atoms with E-state index in [0.29, 0.717) is 6.42 Å². The first kappa shape index (κ1) is 16.4. The number of piperidine rings is 1. The molecule has 0 bridgehead atoms. The average Bonchev–Trinajstić information content (AvgIpc) is 2.37. The van der Waals surface area contributed by atoms with Crippen molar-refractivity contribution >= 4 is 17.7 Å². The first-order chi connectivity index (χ1) is 8.95. The maximum atomic E-state index is 12.1. The summed E-state index contributed by atoms with van der Waals surface area (Å²) in [5.74, 6) is 3.31. The summed E-state index contributed by atoms with van der Waals surface area (Å²) in [5.41, 5.74) is -0.251. The molecule has 1 rings (SSSR count). The summed E-state index contributed by atoms with van der Waals surface area (Å²) >= 11 is 1.96. The molecule has 1 amide bonds. The smallest absolute Gasteiger partial charge is 0.227 e. The van der Waals surface area contributed by atoms with Crippen LogP contribution in [0.3, 0.4) is 0 Å². The Morgan fingerprint density at radius 3 is 2.53 bits per heavy atom. The van der Waals surface area contributed by atoms with Gasteiger partial charge in [0.1, 0.15) is 0 Å². The van der Waals surface area contributed by atoms with E-state index in [-0.39, 0.29) is 11.3 Å². The Labute approximate surface area is 121 Å². The number of likely N-dealkylation sites (tertiary alicyclic amines) is 1. The van der Waals surface area contributed by atoms with Gasteiger partial charge >= 0.3 is 0 Å². The van der Waals surface area contributed by atoms with Gasteiger partial charge in [0, 0.05) is 24.9 Å². The Hall–Kier alpha value is -0.690. The number of nitrogens with zero attached hydrogens (tertiary/aromatic N) is 2. The summed E-state index contributed by atoms with van der Waals surface area (Å²) in [4.78, 5) is 14.2. The van der Waals surface area contributed by atoms with Gasteiger partial charge in [-0.15, -0.1) is 0 Å². The average molecular weight is 282 g/mol. The van der Waals surface area contributed by atoms with E-state index >= 15 is 0 Å². The zero-order valence-corrected chi connectivity index (χ0v) is 13.3. The Balaban J connectivity index is 2.19. The van der Waals surface area contributed by atoms with Gasteiger partial charge in [-0.3, -0.25) is 4.79 Å². The van der Waals surface area contributed by atoms with E-state index in [1.54, 1.807) is 0 Å². The number of unbranched alkanes of at least 4 members (excludes halogenated alkanes) is 1. The molecular weight excluding hydrogens is 256 g/mol. The second-order valence-electron chi connectivity index (χ2n) is 6.32. The van der Waals surface area contributed by atoms with Gasteiger partial charge in [0.05, 0.1) is 6.07 Å². The minimum absolute atomic E-state index is 0.251. The largest absolute Gasteiger partial charge is 0.342 e. The van der Waals surface area contributed by atoms with Gasteiger partial charge in [-0.1, -0.05) is 20.8 Å². The number of hydrogen-bond donors (Lipinski definition) is 0. The molecule has 1 heterocycles. The van der Waals surface area contributed by atoms with Crippen molar-refractivity contribution in [2.45, 2.75) is 46.5 Å². The van der Waals surface area contributed by atoms with Gasteiger partial charge < -0.3 is 4.90 Å². The molecule has 0 aromatic heterocycles. The van der Waals surface area contributed by atoms with Crippen molar-refractivity contribution in [3.63, 3.8) is 0 Å². The maximum absolute atomic E-state index is 12.1. The molecule has 0 saturated carbocycles. The molecule has 0 unspecified atom stereocenters. The summed E-state index contributed by atoms with van der Waals surface area (Å²) in [6, 6.07) is 2.18. The Morgan fingerprint density at radius 1 is 1.37 bits per heavy atom. The number of carbonyl (C=O) groups is 1. The van der Waals surface area contributed by atoms with Crippen LogP contribution in [0, 0.1) is 22.7 Å². The van der Waals surface area contributed by atoms with Crippen LogP contribution < -0.4 is 0 Å². The lowest BCUT2D eigenvalue weighted by Crippen LogP contribution is -2.44. The minimum atomic E-state index is -0.251. The number of hydrogen-bond acceptors (Lipinski definition) is 3. The first-order valence-corrected chi connectivity index (χ1v) is 8.34. The standard InChI is InChI=1S/C15H26N2OS/c1-15(2,3)14(18)17-9-6-13(7-10-17)12-19-11-5-4-8-16/h13H,4-7,9-12H2,1-3H3. The number of carbonyl (C=O) groups excluding carboxylic acids is 1. The van der Waals surface area contributed by atoms with Gasteiger partial charge in [0.15, 0.2) is 0 Å². The van der Waals surface area contributed by atoms with Gasteiger partial charge in [-0.05, 0) is 36.7 Å². The number of amides is 1. The monoisotopic (exact) mass is 282 g/mol. The van der Waals surface area contributed by atoms with Gasteiger partial charge in [0.25, 0.3) is 0 Å². The molecule has 1 aliphatic rings. The summed E-state index contributed by atoms with van der Waals surface area (Å²) in [5, 5.41) is 8.46. The van der Waals surface area contributed by atoms with E-state index in [0.717, 1.165) is 44.0 Å². The summed E-state index contributed by atoms with van der Waals surface area (Å²) in [6.45, 7) is 7.81. The minimum Gasteiger partial charge on any atom is -0.342 e. The van der Waals surface area contributed by atoms with Gasteiger partial charge in [-0.25, -0.2) is 0 Å². The molecule has 19 heavy (non-hydrogen) atoms. The lowest BCUT2D eigenvalue weighted by molar-refractivity contribution is -0.140. The molecule has 0 spiro atoms. The number of rotatable bonds is 5. The van der Waals surface area contributed by atoms with Crippen molar-refractivity contribution in [2.24, 2.45) is 11.3 Å². The summed E-state index contributed by atoms with van der Waals surface area (Å²) in [7, 11) is 0. The van der Waals surface area contributed by atoms with Crippen LogP contribution >= 0.6 is 11.8 Å². The molecule has 0 aromatic carbocycles. The highest BCUT2D eigenvalue weighted by Crippen LogP contribution is 2.25. The quantitative estimate of drug-likeness (QED) is 0.727. The second-order valence-corrected chi connectivity index (χ2v) is 7.47. The van der Waals surface area contributed by atoms with E-state index in [1.165, 1.54) is 5.75 Å². The molecule has 0 atom stereocenters. The molecule has 108 valence electrons. The van der Waals surface area contributed by atoms with Gasteiger partial charge in [0.2, 0.25) is 5.91 Å². The van der Waals surface area contributed by atoms with Crippen LogP contribution in [0.15, 0.2) is 0 Å². The van der Waals surface area contributed by atoms with E-state index in [1.807, 2.05) is 37.4 Å². The molecule has 0 radical (unpaired) electrons. The Bertz CT molecular complexity index is 322. The molecule has 1 saturated heterocycles. The highest BCUT2D eigenvalue weighted by Gasteiger charge is 2.30. The van der Waals surface area contributed by atoms with Crippen molar-refractivity contribution in [1.29, 1.82) is 5.26 Å². The van der Waals surface area contributed by atoms with Gasteiger partial charge in [-0.2, -0.15) is 17.0 Å². The molecular formula is C15H26N2OS. The van der Waals surface area contributed by atoms with Crippen molar-refractivity contribution in [1.82, 2.24) is 4.90 Å². The number of nitriles is 1. The third-order valence-corrected chi connectivity index (χ3v) is 4.76. The van der Waals surface area contributed by atoms with E-state index in [2.05, 4.69) is 6.07 Å². The lowest BCUT2D eigenvalue weighted by atomic mass is 9.92. The summed E-state index contributed by atoms with van der Waals surface area (Å²) in [6.07, 6.45) is 3.94. The van der Waals surface area contributed by atoms with Crippen LogP contribution in [-0.2, 0) is 4.79 Å². The van der Waals surface area contributed by atoms with Crippen LogP contribution in [0.1, 0.15) is 46.5 Å². The molecule has 0 aromatic rings. The van der Waals surface area contributed by atoms with Crippen LogP contribution in [0.25, 0.3) is 0 Å². The maximum Gasteiger partial charge on any atom is 0.227 e. The fourth-order valence-electron chi connectivity index (χ4n) is 2.28. The van der Waals surface area contributed by atoms with Crippen LogP contribution in [0.2, 0.25) is 0 Å². The zero-order chi connectivity index (χ0) is 14.3. The SMILES string of the molecule is CC(C)(C)C(=O)N1CCC(CSCCCC#N)CC1. The van der Waals surface area contributed by atoms with Crippen molar-refractivity contribution in [3.05, 3.63) is 0 Å². The molecule has 1 fully saturated rings. The second kappa shape index (κ2) is 7.79. The molecule has 3 nitrogen and oxygen atoms in total. The number of thioether (sulfide) groups is 1. The van der Waals surface area contributed by atoms with Crippen LogP contribution in [0.4, 0.5) is 0 Å². The topological polar surface area (TPSA) is 44.1 Å². The lowest BCUT2D eigenvalue weighted by Gasteiger charge is -2.35. The first-order valence-electron chi connectivity index (χ1n) is 7.19. The van der Waals surface area contributed by atoms with Crippen molar-refractivity contribution in [3.8, 4) is 6.07 Å². The molecule has 4 heteroatoms. The fraction of sp³-hybridized carbons (Fsp3) is 0.867. The third-order valence-electron chi connectivity index (χ3n) is 3.47. The van der Waals surface area contributed by atoms with E-state index in [4.69, 9.17) is 5.26 Å². The van der Waals surface area contributed by atoms with Crippen LogP contribution in [-0.4, -0.2) is 35.4 Å². The molecule has 1 aliphatic heterocycles. The predicted molar refractivity (Wildman–Crippen MR) is 80.9 cm³/mol. The summed E-state index contributed by atoms with van der Waals surface area (Å²) < 4.78 is 0. The van der Waals surface area contributed by atoms with Crippen molar-refractivity contribution < 1.29 is 4.79 Å². The zero-order valence-electron chi connectivity index (χ0n) is 12.4. The molecule has 0 N–H and O–H groups in total. The molecule has 0 aliphatic carbocycles. The normalized spacial score (nSPS) is 17.3. The Morgan fingerprint density at radius 2 is 2.00 bits per heavy atom. The van der Waals surface area contributed by atoms with E-state index in [9.17, 15) is 4.79 Å². The predicted octanol–water partition coefficient (Wildman–Crippen LogP) is 3.31. The van der Waals surface area contributed by atoms with Crippen molar-refractivity contribution in [2.75, 3.05) is 24.6 Å². The van der Waals surface area contributed by atoms with E-state index < -0.39 is 0 Å². The third kappa shape index (κ3) is 5.86. The highest BCUT2D eigenvalue weighted by molar-refractivity contribution is 7.99.